The summed E-state index contributed by atoms with van der Waals surface area (Å²) in [5.74, 6) is 2.51. The summed E-state index contributed by atoms with van der Waals surface area (Å²) in [7, 11) is 0. The fourth-order valence-corrected chi connectivity index (χ4v) is 3.50. The lowest BCUT2D eigenvalue weighted by atomic mass is 9.98. The fourth-order valence-electron chi connectivity index (χ4n) is 3.50. The molecule has 8 heteroatoms. The van der Waals surface area contributed by atoms with E-state index in [-0.39, 0.29) is 0 Å². The Bertz CT molecular complexity index is 1070. The molecule has 0 aliphatic carbocycles. The standard InChI is InChI=1S/C22H26N8/c1-2-6-21-24-20(9-5-14-23)27-30(21)15-16-10-12-17(13-11-16)18-7-3-4-8-19(18)22-25-28-29-26-22/h3-4,7-8,10-13H,2,5-6,9,14-15,23H2,1H3,(H,25,26,28,29). The number of nitrogens with one attached hydrogen (secondary N) is 1. The van der Waals surface area contributed by atoms with Gasteiger partial charge in [-0.1, -0.05) is 55.5 Å². The van der Waals surface area contributed by atoms with E-state index in [1.54, 1.807) is 0 Å². The lowest BCUT2D eigenvalue weighted by molar-refractivity contribution is 0.622. The van der Waals surface area contributed by atoms with E-state index < -0.39 is 0 Å². The van der Waals surface area contributed by atoms with Crippen LogP contribution in [0.5, 0.6) is 0 Å². The van der Waals surface area contributed by atoms with Crippen LogP contribution in [0.25, 0.3) is 22.5 Å². The summed E-state index contributed by atoms with van der Waals surface area (Å²) in [5.41, 5.74) is 9.94. The van der Waals surface area contributed by atoms with Gasteiger partial charge in [-0.3, -0.25) is 0 Å². The third-order valence-corrected chi connectivity index (χ3v) is 4.98. The Balaban J connectivity index is 1.56. The average Bonchev–Trinajstić information content (AvgIpc) is 3.44. The molecule has 0 radical (unpaired) electrons. The number of aryl methyl sites for hydroxylation is 2. The van der Waals surface area contributed by atoms with E-state index in [1.807, 2.05) is 22.9 Å². The van der Waals surface area contributed by atoms with Crippen LogP contribution in [-0.4, -0.2) is 41.9 Å². The zero-order valence-corrected chi connectivity index (χ0v) is 17.1. The Morgan fingerprint density at radius 3 is 2.50 bits per heavy atom. The Labute approximate surface area is 175 Å². The van der Waals surface area contributed by atoms with Gasteiger partial charge in [0.15, 0.2) is 5.82 Å². The maximum Gasteiger partial charge on any atom is 0.205 e. The fraction of sp³-hybridized carbons (Fsp3) is 0.318. The first-order valence-corrected chi connectivity index (χ1v) is 10.3. The molecule has 2 heterocycles. The van der Waals surface area contributed by atoms with E-state index in [4.69, 9.17) is 15.8 Å². The number of hydrogen-bond donors (Lipinski definition) is 2. The smallest absolute Gasteiger partial charge is 0.205 e. The molecular formula is C22H26N8. The summed E-state index contributed by atoms with van der Waals surface area (Å²) in [6.07, 6.45) is 3.70. The van der Waals surface area contributed by atoms with Gasteiger partial charge >= 0.3 is 0 Å². The predicted molar refractivity (Wildman–Crippen MR) is 116 cm³/mol. The molecule has 154 valence electrons. The van der Waals surface area contributed by atoms with Gasteiger partial charge in [0.1, 0.15) is 5.82 Å². The van der Waals surface area contributed by atoms with Crippen molar-refractivity contribution in [1.82, 2.24) is 35.4 Å². The summed E-state index contributed by atoms with van der Waals surface area (Å²) in [4.78, 5) is 4.71. The Morgan fingerprint density at radius 2 is 1.80 bits per heavy atom. The first kappa shape index (κ1) is 19.9. The number of nitrogens with zero attached hydrogens (tertiary/aromatic N) is 6. The molecule has 2 aromatic carbocycles. The third kappa shape index (κ3) is 4.44. The van der Waals surface area contributed by atoms with Crippen LogP contribution in [0.4, 0.5) is 0 Å². The summed E-state index contributed by atoms with van der Waals surface area (Å²) in [6.45, 7) is 3.52. The lowest BCUT2D eigenvalue weighted by Gasteiger charge is -2.09. The minimum atomic E-state index is 0.589. The van der Waals surface area contributed by atoms with Crippen LogP contribution in [-0.2, 0) is 19.4 Å². The molecule has 0 spiro atoms. The highest BCUT2D eigenvalue weighted by atomic mass is 15.5. The Hall–Kier alpha value is -3.39. The van der Waals surface area contributed by atoms with Gasteiger partial charge in [-0.15, -0.1) is 10.2 Å². The highest BCUT2D eigenvalue weighted by Gasteiger charge is 2.12. The molecule has 0 aliphatic heterocycles. The van der Waals surface area contributed by atoms with Crippen LogP contribution in [0.3, 0.4) is 0 Å². The second kappa shape index (κ2) is 9.41. The van der Waals surface area contributed by atoms with E-state index in [0.29, 0.717) is 18.9 Å². The topological polar surface area (TPSA) is 111 Å². The molecule has 2 aromatic heterocycles. The maximum atomic E-state index is 5.63. The van der Waals surface area contributed by atoms with E-state index in [9.17, 15) is 0 Å². The molecule has 0 saturated heterocycles. The number of benzene rings is 2. The normalized spacial score (nSPS) is 11.1. The van der Waals surface area contributed by atoms with Gasteiger partial charge in [0, 0.05) is 18.4 Å². The van der Waals surface area contributed by atoms with Gasteiger partial charge in [-0.05, 0) is 41.3 Å². The quantitative estimate of drug-likeness (QED) is 0.445. The molecule has 0 bridgehead atoms. The second-order valence-electron chi connectivity index (χ2n) is 7.22. The van der Waals surface area contributed by atoms with Crippen LogP contribution in [0.1, 0.15) is 37.0 Å². The number of rotatable bonds is 9. The molecule has 4 aromatic rings. The molecule has 3 N–H and O–H groups in total. The third-order valence-electron chi connectivity index (χ3n) is 4.98. The Morgan fingerprint density at radius 1 is 1.00 bits per heavy atom. The SMILES string of the molecule is CCCc1nc(CCCN)nn1Cc1ccc(-c2ccccc2-c2nn[nH]n2)cc1. The highest BCUT2D eigenvalue weighted by molar-refractivity contribution is 5.80. The van der Waals surface area contributed by atoms with E-state index >= 15 is 0 Å². The van der Waals surface area contributed by atoms with Crippen LogP contribution in [0.15, 0.2) is 48.5 Å². The van der Waals surface area contributed by atoms with Crippen molar-refractivity contribution in [3.63, 3.8) is 0 Å². The van der Waals surface area contributed by atoms with Crippen molar-refractivity contribution in [3.05, 3.63) is 65.7 Å². The second-order valence-corrected chi connectivity index (χ2v) is 7.22. The van der Waals surface area contributed by atoms with Gasteiger partial charge in [0.05, 0.1) is 6.54 Å². The molecule has 0 atom stereocenters. The zero-order chi connectivity index (χ0) is 20.8. The van der Waals surface area contributed by atoms with E-state index in [0.717, 1.165) is 54.0 Å². The molecule has 30 heavy (non-hydrogen) atoms. The summed E-state index contributed by atoms with van der Waals surface area (Å²) >= 11 is 0. The minimum absolute atomic E-state index is 0.589. The van der Waals surface area contributed by atoms with E-state index in [2.05, 4.69) is 57.9 Å². The van der Waals surface area contributed by atoms with Gasteiger partial charge in [-0.2, -0.15) is 10.3 Å². The number of H-pyrrole nitrogens is 1. The molecule has 0 fully saturated rings. The number of aromatic amines is 1. The van der Waals surface area contributed by atoms with Crippen molar-refractivity contribution >= 4 is 0 Å². The van der Waals surface area contributed by atoms with Crippen molar-refractivity contribution in [3.8, 4) is 22.5 Å². The van der Waals surface area contributed by atoms with Crippen molar-refractivity contribution in [2.24, 2.45) is 5.73 Å². The molecular weight excluding hydrogens is 376 g/mol. The van der Waals surface area contributed by atoms with Crippen molar-refractivity contribution in [2.45, 2.75) is 39.2 Å². The monoisotopic (exact) mass is 402 g/mol. The van der Waals surface area contributed by atoms with E-state index in [1.165, 1.54) is 5.56 Å². The van der Waals surface area contributed by atoms with Crippen LogP contribution < -0.4 is 5.73 Å². The number of tetrazole rings is 1. The highest BCUT2D eigenvalue weighted by Crippen LogP contribution is 2.29. The number of nitrogens with two attached hydrogens (primary N) is 1. The molecule has 0 aliphatic rings. The molecule has 0 saturated carbocycles. The first-order chi connectivity index (χ1) is 14.8. The lowest BCUT2D eigenvalue weighted by Crippen LogP contribution is -2.07. The molecule has 0 amide bonds. The molecule has 0 unspecified atom stereocenters. The number of aromatic nitrogens is 7. The summed E-state index contributed by atoms with van der Waals surface area (Å²) < 4.78 is 2.03. The van der Waals surface area contributed by atoms with Crippen LogP contribution in [0, 0.1) is 0 Å². The van der Waals surface area contributed by atoms with Gasteiger partial charge in [-0.25, -0.2) is 9.67 Å². The largest absolute Gasteiger partial charge is 0.330 e. The first-order valence-electron chi connectivity index (χ1n) is 10.3. The van der Waals surface area contributed by atoms with Crippen molar-refractivity contribution in [2.75, 3.05) is 6.54 Å². The molecule has 8 nitrogen and oxygen atoms in total. The predicted octanol–water partition coefficient (Wildman–Crippen LogP) is 3.02. The summed E-state index contributed by atoms with van der Waals surface area (Å²) in [5, 5.41) is 19.2. The van der Waals surface area contributed by atoms with Gasteiger partial charge in [0.25, 0.3) is 0 Å². The van der Waals surface area contributed by atoms with Gasteiger partial charge in [0.2, 0.25) is 5.82 Å². The summed E-state index contributed by atoms with van der Waals surface area (Å²) in [6, 6.07) is 16.6. The number of hydrogen-bond acceptors (Lipinski definition) is 6. The minimum Gasteiger partial charge on any atom is -0.330 e. The molecule has 4 rings (SSSR count). The van der Waals surface area contributed by atoms with Crippen LogP contribution >= 0.6 is 0 Å². The Kier molecular flexibility index (Phi) is 6.24. The zero-order valence-electron chi connectivity index (χ0n) is 17.1. The maximum absolute atomic E-state index is 5.63. The van der Waals surface area contributed by atoms with Crippen LogP contribution in [0.2, 0.25) is 0 Å². The van der Waals surface area contributed by atoms with Gasteiger partial charge < -0.3 is 5.73 Å². The van der Waals surface area contributed by atoms with Crippen molar-refractivity contribution in [1.29, 1.82) is 0 Å². The average molecular weight is 403 g/mol. The van der Waals surface area contributed by atoms with Crippen molar-refractivity contribution < 1.29 is 0 Å².